The van der Waals surface area contributed by atoms with E-state index in [2.05, 4.69) is 15.9 Å². The predicted octanol–water partition coefficient (Wildman–Crippen LogP) is 6.76. The third kappa shape index (κ3) is 5.28. The Balaban J connectivity index is 1.87. The van der Waals surface area contributed by atoms with Crippen LogP contribution in [0.2, 0.25) is 10.0 Å². The van der Waals surface area contributed by atoms with Crippen LogP contribution in [-0.2, 0) is 5.41 Å². The van der Waals surface area contributed by atoms with Crippen LogP contribution >= 0.6 is 39.1 Å². The molecule has 1 N–H and O–H groups in total. The van der Waals surface area contributed by atoms with Crippen molar-refractivity contribution in [1.82, 2.24) is 5.32 Å². The van der Waals surface area contributed by atoms with E-state index in [0.29, 0.717) is 5.69 Å². The van der Waals surface area contributed by atoms with E-state index in [4.69, 9.17) is 23.2 Å². The smallest absolute Gasteiger partial charge is 0.370 e. The summed E-state index contributed by atoms with van der Waals surface area (Å²) in [6.07, 6.45) is -9.41. The summed E-state index contributed by atoms with van der Waals surface area (Å²) in [5.74, 6) is -0.958. The molecule has 1 aliphatic rings. The summed E-state index contributed by atoms with van der Waals surface area (Å²) >= 11 is 15.0. The lowest BCUT2D eigenvalue weighted by Crippen LogP contribution is -2.44. The molecule has 1 amide bonds. The second-order valence-corrected chi connectivity index (χ2v) is 9.10. The number of amides is 1. The van der Waals surface area contributed by atoms with Gasteiger partial charge in [-0.1, -0.05) is 23.2 Å². The fourth-order valence-corrected chi connectivity index (χ4v) is 4.72. The van der Waals surface area contributed by atoms with Crippen LogP contribution in [0.4, 0.5) is 32.0 Å². The van der Waals surface area contributed by atoms with Gasteiger partial charge in [-0.25, -0.2) is 0 Å². The number of halogens is 9. The number of benzene rings is 2. The van der Waals surface area contributed by atoms with Crippen molar-refractivity contribution < 1.29 is 31.1 Å². The fraction of sp³-hybridized carbons (Fsp3) is 0.350. The molecular formula is C20H15BrCl2F6N2O. The summed E-state index contributed by atoms with van der Waals surface area (Å²) < 4.78 is 79.8. The summed E-state index contributed by atoms with van der Waals surface area (Å²) in [5.41, 5.74) is -1.95. The maximum absolute atomic E-state index is 14.2. The molecule has 1 aliphatic heterocycles. The van der Waals surface area contributed by atoms with Crippen molar-refractivity contribution in [3.8, 4) is 0 Å². The Kier molecular flexibility index (Phi) is 6.98. The summed E-state index contributed by atoms with van der Waals surface area (Å²) in [7, 11) is 0. The highest BCUT2D eigenvalue weighted by Crippen LogP contribution is 2.49. The Morgan fingerprint density at radius 1 is 1.06 bits per heavy atom. The number of alkyl halides is 6. The van der Waals surface area contributed by atoms with Crippen molar-refractivity contribution >= 4 is 50.7 Å². The van der Waals surface area contributed by atoms with Crippen molar-refractivity contribution in [2.45, 2.75) is 24.2 Å². The van der Waals surface area contributed by atoms with E-state index in [0.717, 1.165) is 0 Å². The van der Waals surface area contributed by atoms with Gasteiger partial charge in [0.05, 0.1) is 5.56 Å². The van der Waals surface area contributed by atoms with Crippen LogP contribution in [0.5, 0.6) is 0 Å². The molecule has 0 bridgehead atoms. The molecule has 12 heteroatoms. The van der Waals surface area contributed by atoms with E-state index in [1.807, 2.05) is 0 Å². The lowest BCUT2D eigenvalue weighted by molar-refractivity contribution is -0.184. The first-order valence-electron chi connectivity index (χ1n) is 9.15. The largest absolute Gasteiger partial charge is 0.405 e. The van der Waals surface area contributed by atoms with E-state index in [1.54, 1.807) is 5.32 Å². The van der Waals surface area contributed by atoms with E-state index in [1.165, 1.54) is 41.3 Å². The lowest BCUT2D eigenvalue weighted by atomic mass is 9.79. The molecule has 2 aromatic rings. The topological polar surface area (TPSA) is 32.3 Å². The number of hydrogen-bond acceptors (Lipinski definition) is 2. The Labute approximate surface area is 197 Å². The molecule has 174 valence electrons. The van der Waals surface area contributed by atoms with Crippen LogP contribution in [0.15, 0.2) is 40.9 Å². The van der Waals surface area contributed by atoms with Crippen molar-refractivity contribution in [2.24, 2.45) is 0 Å². The van der Waals surface area contributed by atoms with Gasteiger partial charge in [0, 0.05) is 33.3 Å². The molecule has 0 aromatic heterocycles. The van der Waals surface area contributed by atoms with Gasteiger partial charge in [-0.15, -0.1) is 0 Å². The highest BCUT2D eigenvalue weighted by molar-refractivity contribution is 9.10. The van der Waals surface area contributed by atoms with Crippen LogP contribution in [-0.4, -0.2) is 37.9 Å². The predicted molar refractivity (Wildman–Crippen MR) is 114 cm³/mol. The second-order valence-electron chi connectivity index (χ2n) is 7.37. The number of nitrogens with one attached hydrogen (secondary N) is 1. The molecule has 1 atom stereocenters. The van der Waals surface area contributed by atoms with Crippen LogP contribution in [0.25, 0.3) is 0 Å². The number of carbonyl (C=O) groups is 1. The first-order valence-corrected chi connectivity index (χ1v) is 10.7. The number of rotatable bonds is 4. The van der Waals surface area contributed by atoms with E-state index in [-0.39, 0.29) is 38.6 Å². The van der Waals surface area contributed by atoms with Crippen molar-refractivity contribution in [3.63, 3.8) is 0 Å². The molecule has 1 heterocycles. The minimum Gasteiger partial charge on any atom is -0.370 e. The molecule has 0 aliphatic carbocycles. The summed E-state index contributed by atoms with van der Waals surface area (Å²) in [6.45, 7) is -1.86. The molecule has 1 unspecified atom stereocenters. The molecule has 3 nitrogen and oxygen atoms in total. The molecule has 1 fully saturated rings. The Morgan fingerprint density at radius 3 is 2.22 bits per heavy atom. The molecule has 2 aromatic carbocycles. The van der Waals surface area contributed by atoms with Gasteiger partial charge in [0.2, 0.25) is 0 Å². The SMILES string of the molecule is O=C(NCC(F)(F)F)c1ccc(N2CCC(c3cc(Cl)cc(Cl)c3)(C(F)(F)F)C2)cc1Br. The average Bonchev–Trinajstić information content (AvgIpc) is 3.11. The van der Waals surface area contributed by atoms with Crippen LogP contribution in [0.3, 0.4) is 0 Å². The Morgan fingerprint density at radius 2 is 1.69 bits per heavy atom. The molecule has 0 saturated carbocycles. The highest BCUT2D eigenvalue weighted by Gasteiger charge is 2.59. The van der Waals surface area contributed by atoms with Gasteiger partial charge in [0.25, 0.3) is 5.91 Å². The maximum atomic E-state index is 14.2. The summed E-state index contributed by atoms with van der Waals surface area (Å²) in [4.78, 5) is 13.5. The van der Waals surface area contributed by atoms with E-state index >= 15 is 0 Å². The second kappa shape index (κ2) is 8.95. The number of nitrogens with zero attached hydrogens (tertiary/aromatic N) is 1. The molecular weight excluding hydrogens is 549 g/mol. The van der Waals surface area contributed by atoms with Gasteiger partial charge in [-0.3, -0.25) is 4.79 Å². The van der Waals surface area contributed by atoms with Crippen LogP contribution in [0.1, 0.15) is 22.3 Å². The normalized spacial score (nSPS) is 19.3. The average molecular weight is 564 g/mol. The van der Waals surface area contributed by atoms with Crippen molar-refractivity contribution in [3.05, 3.63) is 62.0 Å². The quantitative estimate of drug-likeness (QED) is 0.417. The summed E-state index contributed by atoms with van der Waals surface area (Å²) in [6, 6.07) is 7.89. The fourth-order valence-electron chi connectivity index (χ4n) is 3.65. The summed E-state index contributed by atoms with van der Waals surface area (Å²) in [5, 5.41) is 1.93. The first-order chi connectivity index (χ1) is 14.7. The molecule has 0 spiro atoms. The molecule has 1 saturated heterocycles. The van der Waals surface area contributed by atoms with Crippen molar-refractivity contribution in [2.75, 3.05) is 24.5 Å². The molecule has 32 heavy (non-hydrogen) atoms. The van der Waals surface area contributed by atoms with E-state index < -0.39 is 36.8 Å². The number of hydrogen-bond donors (Lipinski definition) is 1. The van der Waals surface area contributed by atoms with Gasteiger partial charge in [-0.2, -0.15) is 26.3 Å². The zero-order valence-electron chi connectivity index (χ0n) is 16.0. The third-order valence-electron chi connectivity index (χ3n) is 5.24. The van der Waals surface area contributed by atoms with E-state index in [9.17, 15) is 31.1 Å². The maximum Gasteiger partial charge on any atom is 0.405 e. The zero-order chi connectivity index (χ0) is 23.9. The Hall–Kier alpha value is -1.65. The number of anilines is 1. The van der Waals surface area contributed by atoms with Crippen molar-refractivity contribution in [1.29, 1.82) is 0 Å². The van der Waals surface area contributed by atoms with Crippen LogP contribution in [0, 0.1) is 0 Å². The van der Waals surface area contributed by atoms with Gasteiger partial charge in [0.15, 0.2) is 0 Å². The molecule has 0 radical (unpaired) electrons. The van der Waals surface area contributed by atoms with Gasteiger partial charge >= 0.3 is 12.4 Å². The first kappa shape index (κ1) is 25.0. The zero-order valence-corrected chi connectivity index (χ0v) is 19.1. The van der Waals surface area contributed by atoms with Crippen LogP contribution < -0.4 is 10.2 Å². The van der Waals surface area contributed by atoms with Gasteiger partial charge < -0.3 is 10.2 Å². The number of carbonyl (C=O) groups excluding carboxylic acids is 1. The monoisotopic (exact) mass is 562 g/mol. The highest BCUT2D eigenvalue weighted by atomic mass is 79.9. The van der Waals surface area contributed by atoms with Gasteiger partial charge in [0.1, 0.15) is 12.0 Å². The van der Waals surface area contributed by atoms with Gasteiger partial charge in [-0.05, 0) is 64.3 Å². The minimum atomic E-state index is -4.59. The standard InChI is InChI=1S/C20H15BrCl2F6N2O/c21-16-8-14(1-2-15(16)17(32)30-9-19(24,25)26)31-4-3-18(10-31,20(27,28)29)11-5-12(22)7-13(23)6-11/h1-2,5-8H,3-4,9-10H2,(H,30,32). The Bertz CT molecular complexity index is 1010. The molecule has 3 rings (SSSR count). The lowest BCUT2D eigenvalue weighted by Gasteiger charge is -2.33. The third-order valence-corrected chi connectivity index (χ3v) is 6.33. The minimum absolute atomic E-state index is 0.0489.